The zero-order valence-electron chi connectivity index (χ0n) is 15.7. The fraction of sp³-hybridized carbons (Fsp3) is 0.0870. The van der Waals surface area contributed by atoms with Gasteiger partial charge in [-0.25, -0.2) is 14.4 Å². The van der Waals surface area contributed by atoms with Crippen LogP contribution in [0.5, 0.6) is 0 Å². The molecule has 0 aliphatic rings. The number of nitrogens with zero attached hydrogens (tertiary/aromatic N) is 4. The highest BCUT2D eigenvalue weighted by atomic mass is 19.1. The summed E-state index contributed by atoms with van der Waals surface area (Å²) in [5.74, 6) is -0.358. The molecule has 0 amide bonds. The summed E-state index contributed by atoms with van der Waals surface area (Å²) in [4.78, 5) is 21.0. The Labute approximate surface area is 165 Å². The van der Waals surface area contributed by atoms with Gasteiger partial charge in [-0.05, 0) is 34.7 Å². The predicted molar refractivity (Wildman–Crippen MR) is 111 cm³/mol. The van der Waals surface area contributed by atoms with Crippen molar-refractivity contribution in [1.82, 2.24) is 19.1 Å². The molecular weight excluding hydrogens is 367 g/mol. The second-order valence-electron chi connectivity index (χ2n) is 7.09. The highest BCUT2D eigenvalue weighted by molar-refractivity contribution is 5.96. The summed E-state index contributed by atoms with van der Waals surface area (Å²) in [5, 5.41) is 2.18. The van der Waals surface area contributed by atoms with Crippen LogP contribution in [0.2, 0.25) is 0 Å². The number of pyridine rings is 1. The summed E-state index contributed by atoms with van der Waals surface area (Å²) in [6.45, 7) is 0.0972. The Morgan fingerprint density at radius 1 is 1.03 bits per heavy atom. The number of hydrogen-bond donors (Lipinski definition) is 0. The quantitative estimate of drug-likeness (QED) is 0.470. The third-order valence-corrected chi connectivity index (χ3v) is 5.11. The molecule has 5 nitrogen and oxygen atoms in total. The lowest BCUT2D eigenvalue weighted by molar-refractivity contribution is 0.595. The van der Waals surface area contributed by atoms with Crippen molar-refractivity contribution in [2.75, 3.05) is 0 Å². The van der Waals surface area contributed by atoms with Crippen molar-refractivity contribution in [3.05, 3.63) is 95.2 Å². The van der Waals surface area contributed by atoms with E-state index in [1.54, 1.807) is 24.4 Å². The Hall–Kier alpha value is -3.80. The van der Waals surface area contributed by atoms with Crippen molar-refractivity contribution in [2.24, 2.45) is 7.05 Å². The van der Waals surface area contributed by atoms with Gasteiger partial charge in [-0.1, -0.05) is 30.3 Å². The lowest BCUT2D eigenvalue weighted by Gasteiger charge is -2.10. The van der Waals surface area contributed by atoms with Gasteiger partial charge in [0, 0.05) is 36.6 Å². The Balaban J connectivity index is 1.54. The van der Waals surface area contributed by atoms with Crippen LogP contribution in [0.4, 0.5) is 4.39 Å². The standard InChI is InChI=1S/C23H17FN4O/c1-27-11-16-4-2-5-18(19(16)13-27)15-7-8-17(20(24)10-15)12-28-14-26-21-6-3-9-25-22(21)23(28)29/h2-11,13-14H,12H2,1H3. The number of fused-ring (bicyclic) bond motifs is 2. The van der Waals surface area contributed by atoms with E-state index in [2.05, 4.69) is 9.97 Å². The van der Waals surface area contributed by atoms with Crippen molar-refractivity contribution in [1.29, 1.82) is 0 Å². The summed E-state index contributed by atoms with van der Waals surface area (Å²) < 4.78 is 18.3. The van der Waals surface area contributed by atoms with E-state index < -0.39 is 0 Å². The molecule has 0 radical (unpaired) electrons. The van der Waals surface area contributed by atoms with Gasteiger partial charge in [-0.2, -0.15) is 0 Å². The van der Waals surface area contributed by atoms with Crippen molar-refractivity contribution in [2.45, 2.75) is 6.54 Å². The van der Waals surface area contributed by atoms with Crippen LogP contribution >= 0.6 is 0 Å². The van der Waals surface area contributed by atoms with E-state index >= 15 is 0 Å². The van der Waals surface area contributed by atoms with Gasteiger partial charge in [-0.15, -0.1) is 0 Å². The largest absolute Gasteiger partial charge is 0.356 e. The SMILES string of the molecule is Cn1cc2cccc(-c3ccc(Cn4cnc5cccnc5c4=O)c(F)c3)c2c1. The molecule has 2 aromatic carbocycles. The van der Waals surface area contributed by atoms with Gasteiger partial charge in [0.15, 0.2) is 5.52 Å². The van der Waals surface area contributed by atoms with E-state index in [4.69, 9.17) is 0 Å². The molecule has 5 aromatic rings. The van der Waals surface area contributed by atoms with E-state index in [1.165, 1.54) is 17.0 Å². The number of rotatable bonds is 3. The first-order valence-electron chi connectivity index (χ1n) is 9.24. The maximum atomic E-state index is 14.9. The molecule has 0 spiro atoms. The fourth-order valence-corrected chi connectivity index (χ4v) is 3.68. The van der Waals surface area contributed by atoms with Crippen molar-refractivity contribution < 1.29 is 4.39 Å². The molecular formula is C23H17FN4O. The van der Waals surface area contributed by atoms with E-state index in [1.807, 2.05) is 48.3 Å². The average molecular weight is 384 g/mol. The van der Waals surface area contributed by atoms with Gasteiger partial charge >= 0.3 is 0 Å². The predicted octanol–water partition coefficient (Wildman–Crippen LogP) is 4.14. The van der Waals surface area contributed by atoms with Crippen LogP contribution < -0.4 is 5.56 Å². The van der Waals surface area contributed by atoms with Gasteiger partial charge < -0.3 is 4.57 Å². The number of aryl methyl sites for hydroxylation is 1. The lowest BCUT2D eigenvalue weighted by atomic mass is 9.99. The van der Waals surface area contributed by atoms with Gasteiger partial charge in [0.2, 0.25) is 0 Å². The van der Waals surface area contributed by atoms with Crippen LogP contribution in [-0.2, 0) is 13.6 Å². The van der Waals surface area contributed by atoms with Crippen molar-refractivity contribution in [3.8, 4) is 11.1 Å². The summed E-state index contributed by atoms with van der Waals surface area (Å²) in [7, 11) is 1.97. The van der Waals surface area contributed by atoms with Crippen molar-refractivity contribution >= 4 is 21.8 Å². The normalized spacial score (nSPS) is 11.4. The molecule has 29 heavy (non-hydrogen) atoms. The van der Waals surface area contributed by atoms with E-state index in [0.717, 1.165) is 21.9 Å². The van der Waals surface area contributed by atoms with Gasteiger partial charge in [0.05, 0.1) is 18.4 Å². The number of benzene rings is 2. The molecule has 142 valence electrons. The third kappa shape index (κ3) is 2.99. The third-order valence-electron chi connectivity index (χ3n) is 5.11. The second kappa shape index (κ2) is 6.67. The van der Waals surface area contributed by atoms with Gasteiger partial charge in [-0.3, -0.25) is 9.36 Å². The molecule has 0 aliphatic heterocycles. The molecule has 0 atom stereocenters. The van der Waals surface area contributed by atoms with Gasteiger partial charge in [0.1, 0.15) is 5.82 Å². The van der Waals surface area contributed by atoms with E-state index in [-0.39, 0.29) is 23.4 Å². The molecule has 3 heterocycles. The molecule has 0 fully saturated rings. The molecule has 0 saturated carbocycles. The molecule has 0 N–H and O–H groups in total. The Morgan fingerprint density at radius 3 is 2.79 bits per heavy atom. The summed E-state index contributed by atoms with van der Waals surface area (Å²) in [5.41, 5.74) is 2.72. The molecule has 0 bridgehead atoms. The highest BCUT2D eigenvalue weighted by Gasteiger charge is 2.11. The molecule has 6 heteroatoms. The summed E-state index contributed by atoms with van der Waals surface area (Å²) in [6.07, 6.45) is 7.06. The Morgan fingerprint density at radius 2 is 1.93 bits per heavy atom. The number of halogens is 1. The topological polar surface area (TPSA) is 52.7 Å². The molecule has 0 unspecified atom stereocenters. The summed E-state index contributed by atoms with van der Waals surface area (Å²) in [6, 6.07) is 14.6. The van der Waals surface area contributed by atoms with Crippen LogP contribution in [-0.4, -0.2) is 19.1 Å². The van der Waals surface area contributed by atoms with Crippen LogP contribution in [0, 0.1) is 5.82 Å². The van der Waals surface area contributed by atoms with E-state index in [9.17, 15) is 9.18 Å². The zero-order chi connectivity index (χ0) is 20.0. The highest BCUT2D eigenvalue weighted by Crippen LogP contribution is 2.30. The number of aromatic nitrogens is 4. The molecule has 0 saturated heterocycles. The minimum absolute atomic E-state index is 0.0972. The molecule has 3 aromatic heterocycles. The maximum absolute atomic E-state index is 14.9. The lowest BCUT2D eigenvalue weighted by Crippen LogP contribution is -2.22. The van der Waals surface area contributed by atoms with Gasteiger partial charge in [0.25, 0.3) is 5.56 Å². The molecule has 5 rings (SSSR count). The van der Waals surface area contributed by atoms with E-state index in [0.29, 0.717) is 11.1 Å². The maximum Gasteiger partial charge on any atom is 0.280 e. The summed E-state index contributed by atoms with van der Waals surface area (Å²) >= 11 is 0. The molecule has 0 aliphatic carbocycles. The average Bonchev–Trinajstić information content (AvgIpc) is 3.12. The van der Waals surface area contributed by atoms with Crippen LogP contribution in [0.25, 0.3) is 32.9 Å². The minimum Gasteiger partial charge on any atom is -0.356 e. The van der Waals surface area contributed by atoms with Crippen LogP contribution in [0.15, 0.2) is 78.2 Å². The monoisotopic (exact) mass is 384 g/mol. The van der Waals surface area contributed by atoms with Crippen LogP contribution in [0.1, 0.15) is 5.56 Å². The second-order valence-corrected chi connectivity index (χ2v) is 7.09. The smallest absolute Gasteiger partial charge is 0.280 e. The first-order chi connectivity index (χ1) is 14.1. The first-order valence-corrected chi connectivity index (χ1v) is 9.24. The fourth-order valence-electron chi connectivity index (χ4n) is 3.68. The Bertz CT molecular complexity index is 1430. The minimum atomic E-state index is -0.358. The number of hydrogen-bond acceptors (Lipinski definition) is 3. The Kier molecular flexibility index (Phi) is 3.98. The zero-order valence-corrected chi connectivity index (χ0v) is 15.7. The van der Waals surface area contributed by atoms with Crippen LogP contribution in [0.3, 0.4) is 0 Å². The van der Waals surface area contributed by atoms with Crippen molar-refractivity contribution in [3.63, 3.8) is 0 Å². The first kappa shape index (κ1) is 17.3.